The lowest BCUT2D eigenvalue weighted by molar-refractivity contribution is 0.264. The Bertz CT molecular complexity index is 1730. The second-order valence-corrected chi connectivity index (χ2v) is 11.2. The molecule has 6 rings (SSSR count). The molecule has 4 heterocycles. The molecular formula is C28H26Cl2F2N6O2. The van der Waals surface area contributed by atoms with Crippen LogP contribution in [0.25, 0.3) is 27.7 Å². The molecule has 3 N–H and O–H groups in total. The third kappa shape index (κ3) is 4.00. The second kappa shape index (κ2) is 9.87. The van der Waals surface area contributed by atoms with Crippen molar-refractivity contribution in [2.45, 2.75) is 32.7 Å². The number of nitrogens with zero attached hydrogens (tertiary/aromatic N) is 4. The number of piperazine rings is 1. The van der Waals surface area contributed by atoms with Crippen LogP contribution >= 0.6 is 23.2 Å². The van der Waals surface area contributed by atoms with E-state index in [0.717, 1.165) is 5.56 Å². The number of aromatic nitrogens is 3. The van der Waals surface area contributed by atoms with Gasteiger partial charge in [-0.1, -0.05) is 37.0 Å². The van der Waals surface area contributed by atoms with E-state index in [0.29, 0.717) is 42.2 Å². The summed E-state index contributed by atoms with van der Waals surface area (Å²) < 4.78 is 39.5. The zero-order valence-electron chi connectivity index (χ0n) is 22.0. The van der Waals surface area contributed by atoms with Gasteiger partial charge in [-0.25, -0.2) is 13.6 Å². The van der Waals surface area contributed by atoms with Gasteiger partial charge in [0.25, 0.3) is 0 Å². The summed E-state index contributed by atoms with van der Waals surface area (Å²) in [4.78, 5) is 24.9. The van der Waals surface area contributed by atoms with Crippen LogP contribution in [0.4, 0.5) is 20.3 Å². The fraction of sp³-hybridized carbons (Fsp3) is 0.321. The smallest absolute Gasteiger partial charge is 0.354 e. The molecule has 0 amide bonds. The molecule has 0 unspecified atom stereocenters. The van der Waals surface area contributed by atoms with Gasteiger partial charge in [-0.15, -0.1) is 0 Å². The molecule has 0 bridgehead atoms. The number of ether oxygens (including phenoxy) is 1. The summed E-state index contributed by atoms with van der Waals surface area (Å²) >= 11 is 12.3. The summed E-state index contributed by atoms with van der Waals surface area (Å²) in [7, 11) is 0. The zero-order chi connectivity index (χ0) is 28.5. The number of nitrogens with two attached hydrogens (primary N) is 1. The highest BCUT2D eigenvalue weighted by molar-refractivity contribution is 6.37. The molecule has 2 aromatic carbocycles. The maximum absolute atomic E-state index is 16.5. The van der Waals surface area contributed by atoms with Crippen LogP contribution in [0.1, 0.15) is 31.0 Å². The molecule has 2 aromatic heterocycles. The van der Waals surface area contributed by atoms with E-state index in [2.05, 4.69) is 15.3 Å². The van der Waals surface area contributed by atoms with Crippen LogP contribution in [-0.2, 0) is 0 Å². The fourth-order valence-electron chi connectivity index (χ4n) is 5.58. The molecule has 4 aromatic rings. The lowest BCUT2D eigenvalue weighted by atomic mass is 9.98. The normalized spacial score (nSPS) is 16.7. The Balaban J connectivity index is 1.81. The summed E-state index contributed by atoms with van der Waals surface area (Å²) in [6.07, 6.45) is 1.67. The van der Waals surface area contributed by atoms with Gasteiger partial charge >= 0.3 is 5.69 Å². The number of halogens is 4. The highest BCUT2D eigenvalue weighted by Gasteiger charge is 2.35. The van der Waals surface area contributed by atoms with Gasteiger partial charge in [0.05, 0.1) is 44.1 Å². The van der Waals surface area contributed by atoms with E-state index in [9.17, 15) is 4.79 Å². The van der Waals surface area contributed by atoms with E-state index < -0.39 is 17.3 Å². The lowest BCUT2D eigenvalue weighted by Crippen LogP contribution is -2.54. The van der Waals surface area contributed by atoms with E-state index in [4.69, 9.17) is 33.7 Å². The minimum Gasteiger partial charge on any atom is -0.487 e. The van der Waals surface area contributed by atoms with Crippen LogP contribution in [-0.4, -0.2) is 46.8 Å². The van der Waals surface area contributed by atoms with Crippen LogP contribution in [0.3, 0.4) is 0 Å². The van der Waals surface area contributed by atoms with Gasteiger partial charge in [-0.2, -0.15) is 4.98 Å². The molecule has 0 saturated carbocycles. The van der Waals surface area contributed by atoms with Gasteiger partial charge in [-0.05, 0) is 36.6 Å². The molecule has 208 valence electrons. The number of pyridine rings is 1. The van der Waals surface area contributed by atoms with Crippen molar-refractivity contribution in [3.8, 4) is 22.6 Å². The van der Waals surface area contributed by atoms with Crippen molar-refractivity contribution < 1.29 is 13.5 Å². The average molecular weight is 587 g/mol. The minimum atomic E-state index is -0.937. The summed E-state index contributed by atoms with van der Waals surface area (Å²) in [6.45, 7) is 7.64. The van der Waals surface area contributed by atoms with Gasteiger partial charge in [-0.3, -0.25) is 9.55 Å². The van der Waals surface area contributed by atoms with Crippen LogP contribution in [0.15, 0.2) is 29.2 Å². The Labute approximate surface area is 238 Å². The van der Waals surface area contributed by atoms with Crippen molar-refractivity contribution in [2.75, 3.05) is 36.9 Å². The number of benzene rings is 2. The molecule has 2 aliphatic heterocycles. The summed E-state index contributed by atoms with van der Waals surface area (Å²) in [5.74, 6) is -1.69. The van der Waals surface area contributed by atoms with Gasteiger partial charge in [0.15, 0.2) is 17.4 Å². The number of hydrogen-bond acceptors (Lipinski definition) is 7. The number of nitrogens with one attached hydrogen (secondary N) is 1. The van der Waals surface area contributed by atoms with Gasteiger partial charge < -0.3 is 20.7 Å². The Hall–Kier alpha value is -3.47. The monoisotopic (exact) mass is 586 g/mol. The first kappa shape index (κ1) is 26.7. The molecule has 0 radical (unpaired) electrons. The number of anilines is 2. The van der Waals surface area contributed by atoms with E-state index in [1.165, 1.54) is 16.7 Å². The molecule has 0 aliphatic carbocycles. The highest BCUT2D eigenvalue weighted by Crippen LogP contribution is 2.46. The summed E-state index contributed by atoms with van der Waals surface area (Å²) in [5, 5.41) is 3.25. The summed E-state index contributed by atoms with van der Waals surface area (Å²) in [5.41, 5.74) is 7.06. The standard InChI is InChI=1S/C28H26Cl2F2N6O2/c1-12(2)24-25(13(3)4-5-35-24)38-18-8-15(19-22(32)16(29)9-17(30)23(19)33)21(31)26-20(18)27(36-28(38)39)37-7-6-34-10-14(37)11-40-26/h4-5,8-9,12,14,34H,6-7,10-11,33H2,1-3H3/t14-/m1/s1. The number of rotatable bonds is 3. The van der Waals surface area contributed by atoms with Gasteiger partial charge in [0.2, 0.25) is 0 Å². The maximum atomic E-state index is 16.5. The van der Waals surface area contributed by atoms with Crippen LogP contribution in [0.5, 0.6) is 5.75 Å². The Morgan fingerprint density at radius 3 is 2.73 bits per heavy atom. The molecule has 2 aliphatic rings. The summed E-state index contributed by atoms with van der Waals surface area (Å²) in [6, 6.07) is 4.14. The molecule has 12 heteroatoms. The zero-order valence-corrected chi connectivity index (χ0v) is 23.5. The number of hydrogen-bond donors (Lipinski definition) is 2. The Kier molecular flexibility index (Phi) is 6.59. The first-order valence-corrected chi connectivity index (χ1v) is 13.6. The Morgan fingerprint density at radius 1 is 1.20 bits per heavy atom. The van der Waals surface area contributed by atoms with Crippen LogP contribution < -0.4 is 26.4 Å². The largest absolute Gasteiger partial charge is 0.487 e. The number of nitrogen functional groups attached to an aromatic ring is 1. The van der Waals surface area contributed by atoms with Crippen molar-refractivity contribution in [3.63, 3.8) is 0 Å². The molecule has 1 atom stereocenters. The quantitative estimate of drug-likeness (QED) is 0.251. The molecule has 1 fully saturated rings. The maximum Gasteiger partial charge on any atom is 0.354 e. The molecule has 1 saturated heterocycles. The first-order chi connectivity index (χ1) is 19.1. The van der Waals surface area contributed by atoms with Gasteiger partial charge in [0.1, 0.15) is 12.4 Å². The average Bonchev–Trinajstić information content (AvgIpc) is 3.08. The number of fused-ring (bicyclic) bond motifs is 2. The van der Waals surface area contributed by atoms with Crippen LogP contribution in [0, 0.1) is 18.6 Å². The van der Waals surface area contributed by atoms with E-state index in [-0.39, 0.29) is 56.7 Å². The molecule has 0 spiro atoms. The predicted octanol–water partition coefficient (Wildman–Crippen LogP) is 5.22. The predicted molar refractivity (Wildman–Crippen MR) is 153 cm³/mol. The van der Waals surface area contributed by atoms with Crippen molar-refractivity contribution >= 4 is 45.6 Å². The van der Waals surface area contributed by atoms with Crippen molar-refractivity contribution in [2.24, 2.45) is 0 Å². The first-order valence-electron chi connectivity index (χ1n) is 12.9. The van der Waals surface area contributed by atoms with E-state index in [1.54, 1.807) is 12.3 Å². The number of aryl methyl sites for hydroxylation is 1. The van der Waals surface area contributed by atoms with Gasteiger partial charge in [0, 0.05) is 37.0 Å². The molecular weight excluding hydrogens is 561 g/mol. The minimum absolute atomic E-state index is 0.0334. The Morgan fingerprint density at radius 2 is 1.98 bits per heavy atom. The van der Waals surface area contributed by atoms with Crippen molar-refractivity contribution in [1.29, 1.82) is 0 Å². The lowest BCUT2D eigenvalue weighted by Gasteiger charge is -2.35. The van der Waals surface area contributed by atoms with E-state index >= 15 is 8.78 Å². The SMILES string of the molecule is Cc1ccnc(C(C)C)c1-n1c(=O)nc2c3c(c(F)c(-c4c(N)c(Cl)cc(Cl)c4F)cc31)OC[C@H]1CNCCN21. The highest BCUT2D eigenvalue weighted by atomic mass is 35.5. The molecule has 40 heavy (non-hydrogen) atoms. The van der Waals surface area contributed by atoms with Crippen LogP contribution in [0.2, 0.25) is 10.0 Å². The van der Waals surface area contributed by atoms with Crippen molar-refractivity contribution in [3.05, 3.63) is 67.8 Å². The van der Waals surface area contributed by atoms with E-state index in [1.807, 2.05) is 25.7 Å². The second-order valence-electron chi connectivity index (χ2n) is 10.3. The third-order valence-corrected chi connectivity index (χ3v) is 8.09. The fourth-order valence-corrected chi connectivity index (χ4v) is 6.04. The van der Waals surface area contributed by atoms with Crippen molar-refractivity contribution in [1.82, 2.24) is 19.9 Å². The topological polar surface area (TPSA) is 98.3 Å². The molecule has 8 nitrogen and oxygen atoms in total. The third-order valence-electron chi connectivity index (χ3n) is 7.50.